The minimum Gasteiger partial charge on any atom is -0.326 e. The van der Waals surface area contributed by atoms with Crippen molar-refractivity contribution < 1.29 is 0 Å². The van der Waals surface area contributed by atoms with Gasteiger partial charge in [0.2, 0.25) is 0 Å². The van der Waals surface area contributed by atoms with Gasteiger partial charge in [0.25, 0.3) is 0 Å². The Morgan fingerprint density at radius 3 is 2.90 bits per heavy atom. The van der Waals surface area contributed by atoms with Gasteiger partial charge in [-0.25, -0.2) is 0 Å². The van der Waals surface area contributed by atoms with Crippen LogP contribution >= 0.6 is 0 Å². The van der Waals surface area contributed by atoms with Crippen LogP contribution < -0.4 is 11.1 Å². The van der Waals surface area contributed by atoms with Gasteiger partial charge in [-0.3, -0.25) is 0 Å². The zero-order valence-electron chi connectivity index (χ0n) is 6.34. The zero-order chi connectivity index (χ0) is 6.97. The number of fused-ring (bicyclic) bond motifs is 1. The average Bonchev–Trinajstić information content (AvgIpc) is 2.36. The Balaban J connectivity index is 2.03. The van der Waals surface area contributed by atoms with Gasteiger partial charge in [0.15, 0.2) is 0 Å². The van der Waals surface area contributed by atoms with Crippen molar-refractivity contribution in [1.82, 2.24) is 5.32 Å². The lowest BCUT2D eigenvalue weighted by Gasteiger charge is -2.31. The summed E-state index contributed by atoms with van der Waals surface area (Å²) in [6.45, 7) is 2.26. The first kappa shape index (κ1) is 6.62. The number of piperidine rings is 1. The van der Waals surface area contributed by atoms with Crippen molar-refractivity contribution in [2.75, 3.05) is 13.1 Å². The molecule has 1 saturated carbocycles. The second kappa shape index (κ2) is 2.51. The van der Waals surface area contributed by atoms with E-state index in [4.69, 9.17) is 5.73 Å². The van der Waals surface area contributed by atoms with Crippen LogP contribution in [0.4, 0.5) is 0 Å². The van der Waals surface area contributed by atoms with E-state index in [1.807, 2.05) is 0 Å². The van der Waals surface area contributed by atoms with Crippen LogP contribution in [0.5, 0.6) is 0 Å². The Bertz CT molecular complexity index is 124. The van der Waals surface area contributed by atoms with Gasteiger partial charge in [-0.1, -0.05) is 6.42 Å². The molecule has 3 atom stereocenters. The number of nitrogens with one attached hydrogen (secondary N) is 1. The number of hydrogen-bond acceptors (Lipinski definition) is 2. The molecule has 0 aromatic heterocycles. The Kier molecular flexibility index (Phi) is 1.66. The van der Waals surface area contributed by atoms with E-state index in [1.165, 1.54) is 25.8 Å². The van der Waals surface area contributed by atoms with Crippen LogP contribution in [0.15, 0.2) is 0 Å². The largest absolute Gasteiger partial charge is 0.326 e. The smallest absolute Gasteiger partial charge is 0.0197 e. The second-order valence-electron chi connectivity index (χ2n) is 3.68. The molecule has 3 N–H and O–H groups in total. The maximum atomic E-state index is 5.96. The molecule has 0 bridgehead atoms. The molecule has 0 aromatic rings. The fourth-order valence-corrected chi connectivity index (χ4v) is 2.47. The minimum absolute atomic E-state index is 0.446. The van der Waals surface area contributed by atoms with Crippen LogP contribution in [0.2, 0.25) is 0 Å². The summed E-state index contributed by atoms with van der Waals surface area (Å²) in [5.74, 6) is 1.75. The first-order valence-corrected chi connectivity index (χ1v) is 4.34. The third-order valence-corrected chi connectivity index (χ3v) is 3.05. The third-order valence-electron chi connectivity index (χ3n) is 3.05. The molecule has 0 spiro atoms. The fourth-order valence-electron chi connectivity index (χ4n) is 2.47. The fraction of sp³-hybridized carbons (Fsp3) is 1.00. The van der Waals surface area contributed by atoms with Crippen LogP contribution in [0.3, 0.4) is 0 Å². The van der Waals surface area contributed by atoms with E-state index in [-0.39, 0.29) is 0 Å². The van der Waals surface area contributed by atoms with Gasteiger partial charge in [-0.05, 0) is 31.2 Å². The molecule has 2 nitrogen and oxygen atoms in total. The third kappa shape index (κ3) is 0.956. The van der Waals surface area contributed by atoms with Crippen molar-refractivity contribution >= 4 is 0 Å². The maximum Gasteiger partial charge on any atom is 0.0197 e. The van der Waals surface area contributed by atoms with E-state index >= 15 is 0 Å². The van der Waals surface area contributed by atoms with E-state index in [9.17, 15) is 0 Å². The van der Waals surface area contributed by atoms with Crippen LogP contribution in [0, 0.1) is 11.8 Å². The Labute approximate surface area is 62.2 Å². The van der Waals surface area contributed by atoms with Crippen LogP contribution in [0.25, 0.3) is 0 Å². The van der Waals surface area contributed by atoms with Gasteiger partial charge in [0.1, 0.15) is 0 Å². The summed E-state index contributed by atoms with van der Waals surface area (Å²) in [4.78, 5) is 0. The summed E-state index contributed by atoms with van der Waals surface area (Å²) < 4.78 is 0. The quantitative estimate of drug-likeness (QED) is 0.509. The first-order valence-electron chi connectivity index (χ1n) is 4.34. The lowest BCUT2D eigenvalue weighted by molar-refractivity contribution is 0.258. The van der Waals surface area contributed by atoms with Gasteiger partial charge in [0.05, 0.1) is 0 Å². The molecule has 0 unspecified atom stereocenters. The van der Waals surface area contributed by atoms with Crippen LogP contribution in [-0.2, 0) is 0 Å². The predicted octanol–water partition coefficient (Wildman–Crippen LogP) is 0.333. The highest BCUT2D eigenvalue weighted by Gasteiger charge is 2.34. The van der Waals surface area contributed by atoms with Crippen molar-refractivity contribution in [3.63, 3.8) is 0 Å². The van der Waals surface area contributed by atoms with Crippen molar-refractivity contribution in [2.24, 2.45) is 17.6 Å². The summed E-state index contributed by atoms with van der Waals surface area (Å²) in [5.41, 5.74) is 5.96. The molecular weight excluding hydrogens is 124 g/mol. The van der Waals surface area contributed by atoms with Gasteiger partial charge < -0.3 is 11.1 Å². The van der Waals surface area contributed by atoms with Crippen molar-refractivity contribution in [3.05, 3.63) is 0 Å². The van der Waals surface area contributed by atoms with E-state index in [0.29, 0.717) is 6.04 Å². The number of hydrogen-bond donors (Lipinski definition) is 2. The lowest BCUT2D eigenvalue weighted by Crippen LogP contribution is -2.49. The topological polar surface area (TPSA) is 38.0 Å². The van der Waals surface area contributed by atoms with E-state index in [0.717, 1.165) is 18.4 Å². The summed E-state index contributed by atoms with van der Waals surface area (Å²) >= 11 is 0. The lowest BCUT2D eigenvalue weighted by atomic mass is 9.86. The molecule has 2 aliphatic rings. The first-order chi connectivity index (χ1) is 4.88. The molecule has 0 aromatic carbocycles. The molecule has 0 radical (unpaired) electrons. The number of nitrogens with two attached hydrogens (primary N) is 1. The molecule has 0 amide bonds. The Morgan fingerprint density at radius 1 is 1.20 bits per heavy atom. The van der Waals surface area contributed by atoms with Gasteiger partial charge in [-0.15, -0.1) is 0 Å². The number of rotatable bonds is 0. The Morgan fingerprint density at radius 2 is 2.10 bits per heavy atom. The molecule has 1 heterocycles. The van der Waals surface area contributed by atoms with Crippen LogP contribution in [-0.4, -0.2) is 19.1 Å². The molecule has 1 aliphatic carbocycles. The molecule has 58 valence electrons. The zero-order valence-corrected chi connectivity index (χ0v) is 6.34. The van der Waals surface area contributed by atoms with Crippen molar-refractivity contribution in [3.8, 4) is 0 Å². The SMILES string of the molecule is N[C@@H]1CNC[C@H]2CCC[C@H]21. The van der Waals surface area contributed by atoms with E-state index in [1.54, 1.807) is 0 Å². The standard InChI is InChI=1S/C8H16N2/c9-8-5-10-4-6-2-1-3-7(6)8/h6-8,10H,1-5,9H2/t6-,7-,8-/m1/s1. The van der Waals surface area contributed by atoms with Gasteiger partial charge in [0, 0.05) is 12.6 Å². The highest BCUT2D eigenvalue weighted by molar-refractivity contribution is 4.90. The van der Waals surface area contributed by atoms with E-state index in [2.05, 4.69) is 5.32 Å². The minimum atomic E-state index is 0.446. The summed E-state index contributed by atoms with van der Waals surface area (Å²) in [6, 6.07) is 0.446. The van der Waals surface area contributed by atoms with Crippen LogP contribution in [0.1, 0.15) is 19.3 Å². The maximum absolute atomic E-state index is 5.96. The summed E-state index contributed by atoms with van der Waals surface area (Å²) in [7, 11) is 0. The average molecular weight is 140 g/mol. The highest BCUT2D eigenvalue weighted by Crippen LogP contribution is 2.34. The molecule has 1 saturated heterocycles. The molecule has 1 aliphatic heterocycles. The molecular formula is C8H16N2. The molecule has 2 fully saturated rings. The van der Waals surface area contributed by atoms with Crippen molar-refractivity contribution in [1.29, 1.82) is 0 Å². The highest BCUT2D eigenvalue weighted by atomic mass is 14.9. The summed E-state index contributed by atoms with van der Waals surface area (Å²) in [5, 5.41) is 3.38. The normalized spacial score (nSPS) is 47.1. The second-order valence-corrected chi connectivity index (χ2v) is 3.68. The molecule has 10 heavy (non-hydrogen) atoms. The monoisotopic (exact) mass is 140 g/mol. The van der Waals surface area contributed by atoms with Gasteiger partial charge >= 0.3 is 0 Å². The predicted molar refractivity (Wildman–Crippen MR) is 41.7 cm³/mol. The van der Waals surface area contributed by atoms with Gasteiger partial charge in [-0.2, -0.15) is 0 Å². The molecule has 2 rings (SSSR count). The van der Waals surface area contributed by atoms with Crippen molar-refractivity contribution in [2.45, 2.75) is 25.3 Å². The van der Waals surface area contributed by atoms with E-state index < -0.39 is 0 Å². The summed E-state index contributed by atoms with van der Waals surface area (Å²) in [6.07, 6.45) is 4.20. The molecule has 2 heteroatoms. The Hall–Kier alpha value is -0.0800.